The van der Waals surface area contributed by atoms with Crippen molar-refractivity contribution in [1.82, 2.24) is 0 Å². The molecule has 6 nitrogen and oxygen atoms in total. The maximum atomic E-state index is 11.5. The Labute approximate surface area is 104 Å². The second-order valence-corrected chi connectivity index (χ2v) is 6.33. The molecule has 0 saturated carbocycles. The van der Waals surface area contributed by atoms with Gasteiger partial charge in [-0.3, -0.25) is 9.05 Å². The molecule has 1 unspecified atom stereocenters. The number of nitrogens with zero attached hydrogens (tertiary/aromatic N) is 1. The van der Waals surface area contributed by atoms with Crippen LogP contribution < -0.4 is 0 Å². The van der Waals surface area contributed by atoms with Crippen LogP contribution in [0.1, 0.15) is 13.3 Å². The van der Waals surface area contributed by atoms with Gasteiger partial charge in [0.15, 0.2) is 0 Å². The lowest BCUT2D eigenvalue weighted by molar-refractivity contribution is -0.870. The van der Waals surface area contributed by atoms with Crippen LogP contribution in [0.5, 0.6) is 0 Å². The first kappa shape index (κ1) is 17.0. The number of hydrogen-bond donors (Lipinski definition) is 1. The Kier molecular flexibility index (Phi) is 7.47. The van der Waals surface area contributed by atoms with Gasteiger partial charge in [-0.25, -0.2) is 4.57 Å². The molecule has 104 valence electrons. The minimum atomic E-state index is -3.95. The van der Waals surface area contributed by atoms with E-state index < -0.39 is 7.82 Å². The van der Waals surface area contributed by atoms with Gasteiger partial charge in [-0.15, -0.1) is 0 Å². The molecule has 0 aromatic heterocycles. The molecule has 0 spiro atoms. The average molecular weight is 270 g/mol. The van der Waals surface area contributed by atoms with E-state index in [-0.39, 0.29) is 19.3 Å². The fraction of sp³-hybridized carbons (Fsp3) is 1.00. The number of ether oxygens (including phenoxy) is 1. The molecule has 0 aliphatic rings. The van der Waals surface area contributed by atoms with Crippen molar-refractivity contribution in [3.8, 4) is 0 Å². The molecule has 0 rings (SSSR count). The first-order chi connectivity index (χ1) is 7.70. The zero-order valence-corrected chi connectivity index (χ0v) is 12.3. The molecular weight excluding hydrogens is 245 g/mol. The average Bonchev–Trinajstić information content (AvgIpc) is 2.16. The molecule has 17 heavy (non-hydrogen) atoms. The van der Waals surface area contributed by atoms with Gasteiger partial charge in [0.25, 0.3) is 0 Å². The summed E-state index contributed by atoms with van der Waals surface area (Å²) in [6.07, 6.45) is 0.535. The lowest BCUT2D eigenvalue weighted by Crippen LogP contribution is -2.37. The van der Waals surface area contributed by atoms with Gasteiger partial charge in [-0.1, -0.05) is 6.92 Å². The van der Waals surface area contributed by atoms with E-state index in [1.54, 1.807) is 0 Å². The maximum Gasteiger partial charge on any atom is 0.472 e. The van der Waals surface area contributed by atoms with Gasteiger partial charge in [0.2, 0.25) is 0 Å². The summed E-state index contributed by atoms with van der Waals surface area (Å²) in [6, 6.07) is 0. The van der Waals surface area contributed by atoms with Crippen molar-refractivity contribution in [3.63, 3.8) is 0 Å². The van der Waals surface area contributed by atoms with Crippen LogP contribution in [0.3, 0.4) is 0 Å². The van der Waals surface area contributed by atoms with E-state index in [2.05, 4.69) is 0 Å². The van der Waals surface area contributed by atoms with Crippen molar-refractivity contribution in [2.75, 3.05) is 48.0 Å². The third-order valence-electron chi connectivity index (χ3n) is 2.23. The standard InChI is InChI=1S/C10H24NO5P/c1-6-10(14-5)9-16-17(12,13)15-8-7-11(2,3)4/h10H,6-9H2,1-5H3/p+1/t10-/m0/s1. The third kappa shape index (κ3) is 9.71. The van der Waals surface area contributed by atoms with Crippen molar-refractivity contribution in [2.45, 2.75) is 19.4 Å². The predicted octanol–water partition coefficient (Wildman–Crippen LogP) is 1.25. The first-order valence-electron chi connectivity index (χ1n) is 5.65. The summed E-state index contributed by atoms with van der Waals surface area (Å²) < 4.78 is 26.9. The van der Waals surface area contributed by atoms with Gasteiger partial charge in [0, 0.05) is 7.11 Å². The van der Waals surface area contributed by atoms with Crippen LogP contribution in [0, 0.1) is 0 Å². The van der Waals surface area contributed by atoms with Crippen molar-refractivity contribution in [2.24, 2.45) is 0 Å². The molecule has 0 aliphatic heterocycles. The fourth-order valence-electron chi connectivity index (χ4n) is 0.997. The summed E-state index contributed by atoms with van der Waals surface area (Å²) >= 11 is 0. The van der Waals surface area contributed by atoms with Gasteiger partial charge in [0.1, 0.15) is 13.2 Å². The van der Waals surface area contributed by atoms with Crippen LogP contribution in [-0.2, 0) is 18.3 Å². The number of methoxy groups -OCH3 is 1. The summed E-state index contributed by atoms with van der Waals surface area (Å²) in [6.45, 7) is 2.79. The third-order valence-corrected chi connectivity index (χ3v) is 3.21. The Morgan fingerprint density at radius 2 is 1.88 bits per heavy atom. The molecule has 0 aliphatic carbocycles. The van der Waals surface area contributed by atoms with Crippen LogP contribution in [0.2, 0.25) is 0 Å². The molecule has 0 saturated heterocycles. The number of phosphoric acid groups is 1. The molecule has 2 atom stereocenters. The monoisotopic (exact) mass is 270 g/mol. The topological polar surface area (TPSA) is 65.0 Å². The van der Waals surface area contributed by atoms with Crippen molar-refractivity contribution < 1.29 is 27.7 Å². The van der Waals surface area contributed by atoms with E-state index in [1.807, 2.05) is 28.1 Å². The van der Waals surface area contributed by atoms with Crippen molar-refractivity contribution in [1.29, 1.82) is 0 Å². The maximum absolute atomic E-state index is 11.5. The normalized spacial score (nSPS) is 17.8. The second kappa shape index (κ2) is 7.46. The number of phosphoric ester groups is 1. The molecule has 0 amide bonds. The van der Waals surface area contributed by atoms with Gasteiger partial charge in [0.05, 0.1) is 33.9 Å². The van der Waals surface area contributed by atoms with Crippen LogP contribution in [0.4, 0.5) is 0 Å². The highest BCUT2D eigenvalue weighted by Crippen LogP contribution is 2.43. The van der Waals surface area contributed by atoms with E-state index in [4.69, 9.17) is 13.8 Å². The number of quaternary nitrogens is 1. The van der Waals surface area contributed by atoms with Crippen LogP contribution in [0.25, 0.3) is 0 Å². The minimum absolute atomic E-state index is 0.0607. The number of hydrogen-bond acceptors (Lipinski definition) is 4. The lowest BCUT2D eigenvalue weighted by atomic mass is 10.3. The zero-order valence-electron chi connectivity index (χ0n) is 11.4. The van der Waals surface area contributed by atoms with Crippen molar-refractivity contribution in [3.05, 3.63) is 0 Å². The Morgan fingerprint density at radius 3 is 2.29 bits per heavy atom. The Balaban J connectivity index is 3.92. The van der Waals surface area contributed by atoms with Gasteiger partial charge in [-0.2, -0.15) is 0 Å². The Morgan fingerprint density at radius 1 is 1.29 bits per heavy atom. The Bertz CT molecular complexity index is 250. The molecular formula is C10H25NO5P+. The van der Waals surface area contributed by atoms with Crippen molar-refractivity contribution >= 4 is 7.82 Å². The second-order valence-electron chi connectivity index (χ2n) is 4.88. The molecule has 0 fully saturated rings. The van der Waals surface area contributed by atoms with Gasteiger partial charge in [-0.05, 0) is 6.42 Å². The molecule has 0 radical (unpaired) electrons. The van der Waals surface area contributed by atoms with Gasteiger partial charge >= 0.3 is 7.82 Å². The summed E-state index contributed by atoms with van der Waals surface area (Å²) in [5, 5.41) is 0. The number of likely N-dealkylation sites (N-methyl/N-ethyl adjacent to an activating group) is 1. The summed E-state index contributed by atoms with van der Waals surface area (Å²) in [7, 11) is 3.52. The molecule has 0 aromatic rings. The molecule has 1 N–H and O–H groups in total. The number of rotatable bonds is 9. The molecule has 7 heteroatoms. The molecule has 0 heterocycles. The Hall–Kier alpha value is 0.0300. The highest BCUT2D eigenvalue weighted by molar-refractivity contribution is 7.47. The SMILES string of the molecule is CC[C@@H](COP(=O)(O)OCC[N+](C)(C)C)OC. The molecule has 0 aromatic carbocycles. The van der Waals surface area contributed by atoms with Crippen LogP contribution in [-0.4, -0.2) is 63.5 Å². The van der Waals surface area contributed by atoms with Crippen LogP contribution in [0.15, 0.2) is 0 Å². The minimum Gasteiger partial charge on any atom is -0.379 e. The van der Waals surface area contributed by atoms with E-state index in [0.717, 1.165) is 6.42 Å². The fourth-order valence-corrected chi connectivity index (χ4v) is 1.74. The quantitative estimate of drug-likeness (QED) is 0.504. The summed E-state index contributed by atoms with van der Waals surface area (Å²) in [5.74, 6) is 0. The summed E-state index contributed by atoms with van der Waals surface area (Å²) in [4.78, 5) is 9.40. The van der Waals surface area contributed by atoms with Gasteiger partial charge < -0.3 is 14.1 Å². The zero-order chi connectivity index (χ0) is 13.5. The summed E-state index contributed by atoms with van der Waals surface area (Å²) in [5.41, 5.74) is 0. The molecule has 0 bridgehead atoms. The predicted molar refractivity (Wildman–Crippen MR) is 65.7 cm³/mol. The van der Waals surface area contributed by atoms with E-state index >= 15 is 0 Å². The van der Waals surface area contributed by atoms with E-state index in [1.165, 1.54) is 7.11 Å². The highest BCUT2D eigenvalue weighted by Gasteiger charge is 2.23. The van der Waals surface area contributed by atoms with Crippen LogP contribution >= 0.6 is 7.82 Å². The highest BCUT2D eigenvalue weighted by atomic mass is 31.2. The van der Waals surface area contributed by atoms with E-state index in [0.29, 0.717) is 11.0 Å². The van der Waals surface area contributed by atoms with E-state index in [9.17, 15) is 9.46 Å². The lowest BCUT2D eigenvalue weighted by Gasteiger charge is -2.24. The largest absolute Gasteiger partial charge is 0.472 e. The smallest absolute Gasteiger partial charge is 0.379 e. The first-order valence-corrected chi connectivity index (χ1v) is 7.15.